The van der Waals surface area contributed by atoms with E-state index in [-0.39, 0.29) is 5.57 Å². The summed E-state index contributed by atoms with van der Waals surface area (Å²) in [6.07, 6.45) is 1.41. The van der Waals surface area contributed by atoms with Gasteiger partial charge in [0.05, 0.1) is 19.3 Å². The minimum atomic E-state index is -0.665. The fourth-order valence-electron chi connectivity index (χ4n) is 2.26. The molecule has 1 aromatic carbocycles. The number of nitriles is 1. The molecule has 2 rings (SSSR count). The molecule has 0 spiro atoms. The normalized spacial score (nSPS) is 19.6. The van der Waals surface area contributed by atoms with Crippen LogP contribution in [-0.2, 0) is 20.7 Å². The molecule has 1 unspecified atom stereocenters. The topological polar surface area (TPSA) is 80.6 Å². The van der Waals surface area contributed by atoms with Crippen LogP contribution < -0.4 is 10.1 Å². The average molecular weight is 330 g/mol. The Hall–Kier alpha value is -2.36. The van der Waals surface area contributed by atoms with Crippen LogP contribution >= 0.6 is 0 Å². The Labute approximate surface area is 142 Å². The summed E-state index contributed by atoms with van der Waals surface area (Å²) in [6.45, 7) is 4.64. The highest BCUT2D eigenvalue weighted by Gasteiger charge is 2.32. The van der Waals surface area contributed by atoms with Gasteiger partial charge < -0.3 is 19.5 Å². The third-order valence-corrected chi connectivity index (χ3v) is 3.56. The quantitative estimate of drug-likeness (QED) is 0.637. The first-order valence-electron chi connectivity index (χ1n) is 7.76. The molecule has 0 aliphatic carbocycles. The van der Waals surface area contributed by atoms with Crippen molar-refractivity contribution in [3.8, 4) is 11.8 Å². The number of methoxy groups -OCH3 is 1. The molecule has 128 valence electrons. The van der Waals surface area contributed by atoms with Crippen LogP contribution in [0.25, 0.3) is 0 Å². The zero-order valence-corrected chi connectivity index (χ0v) is 14.2. The lowest BCUT2D eigenvalue weighted by Gasteiger charge is -2.14. The fourth-order valence-corrected chi connectivity index (χ4v) is 2.26. The largest absolute Gasteiger partial charge is 0.497 e. The Bertz CT molecular complexity index is 644. The predicted molar refractivity (Wildman–Crippen MR) is 88.3 cm³/mol. The molecule has 0 radical (unpaired) electrons. The number of hydrogen-bond donors (Lipinski definition) is 1. The number of carbonyl (C=O) groups is 1. The number of amides is 1. The fraction of sp³-hybridized carbons (Fsp3) is 0.444. The summed E-state index contributed by atoms with van der Waals surface area (Å²) in [4.78, 5) is 12.1. The van der Waals surface area contributed by atoms with Gasteiger partial charge in [-0.05, 0) is 44.0 Å². The molecule has 1 aliphatic rings. The van der Waals surface area contributed by atoms with Crippen molar-refractivity contribution in [3.05, 3.63) is 41.5 Å². The SMILES string of the molecule is COc1ccc(CCNC(=O)/C(C#N)=C\C2OCC(C)(C)O2)cc1. The average Bonchev–Trinajstić information content (AvgIpc) is 2.92. The van der Waals surface area contributed by atoms with E-state index in [1.807, 2.05) is 44.2 Å². The Morgan fingerprint density at radius 3 is 2.71 bits per heavy atom. The number of ether oxygens (including phenoxy) is 3. The predicted octanol–water partition coefficient (Wildman–Crippen LogP) is 1.96. The summed E-state index contributed by atoms with van der Waals surface area (Å²) in [5, 5.41) is 11.9. The highest BCUT2D eigenvalue weighted by Crippen LogP contribution is 2.23. The van der Waals surface area contributed by atoms with E-state index < -0.39 is 17.8 Å². The van der Waals surface area contributed by atoms with Gasteiger partial charge in [0.25, 0.3) is 5.91 Å². The van der Waals surface area contributed by atoms with Gasteiger partial charge in [0.2, 0.25) is 0 Å². The molecular formula is C18H22N2O4. The third-order valence-electron chi connectivity index (χ3n) is 3.56. The van der Waals surface area contributed by atoms with E-state index in [9.17, 15) is 4.79 Å². The molecule has 1 atom stereocenters. The maximum atomic E-state index is 12.1. The first-order chi connectivity index (χ1) is 11.4. The summed E-state index contributed by atoms with van der Waals surface area (Å²) in [5.41, 5.74) is 0.655. The van der Waals surface area contributed by atoms with Crippen LogP contribution in [0, 0.1) is 11.3 Å². The van der Waals surface area contributed by atoms with E-state index in [0.29, 0.717) is 19.6 Å². The van der Waals surface area contributed by atoms with Gasteiger partial charge in [-0.15, -0.1) is 0 Å². The number of benzene rings is 1. The summed E-state index contributed by atoms with van der Waals surface area (Å²) < 4.78 is 16.1. The molecule has 0 aromatic heterocycles. The van der Waals surface area contributed by atoms with Gasteiger partial charge in [0.15, 0.2) is 6.29 Å². The van der Waals surface area contributed by atoms with E-state index in [0.717, 1.165) is 11.3 Å². The van der Waals surface area contributed by atoms with Crippen LogP contribution in [0.3, 0.4) is 0 Å². The van der Waals surface area contributed by atoms with Crippen LogP contribution in [0.4, 0.5) is 0 Å². The second kappa shape index (κ2) is 7.95. The Morgan fingerprint density at radius 2 is 2.17 bits per heavy atom. The van der Waals surface area contributed by atoms with Gasteiger partial charge in [0.1, 0.15) is 17.4 Å². The number of hydrogen-bond acceptors (Lipinski definition) is 5. The van der Waals surface area contributed by atoms with Crippen molar-refractivity contribution in [2.75, 3.05) is 20.3 Å². The summed E-state index contributed by atoms with van der Waals surface area (Å²) in [6, 6.07) is 9.51. The first-order valence-corrected chi connectivity index (χ1v) is 7.76. The van der Waals surface area contributed by atoms with E-state index in [1.54, 1.807) is 7.11 Å². The van der Waals surface area contributed by atoms with Gasteiger partial charge in [-0.3, -0.25) is 4.79 Å². The molecule has 6 nitrogen and oxygen atoms in total. The molecule has 1 fully saturated rings. The molecule has 1 saturated heterocycles. The Balaban J connectivity index is 1.84. The van der Waals surface area contributed by atoms with E-state index in [1.165, 1.54) is 6.08 Å². The lowest BCUT2D eigenvalue weighted by Crippen LogP contribution is -2.28. The highest BCUT2D eigenvalue weighted by molar-refractivity contribution is 5.97. The summed E-state index contributed by atoms with van der Waals surface area (Å²) in [7, 11) is 1.61. The second-order valence-electron chi connectivity index (χ2n) is 6.10. The van der Waals surface area contributed by atoms with Crippen LogP contribution in [0.5, 0.6) is 5.75 Å². The number of nitrogens with one attached hydrogen (secondary N) is 1. The molecule has 1 heterocycles. The van der Waals surface area contributed by atoms with Crippen molar-refractivity contribution >= 4 is 5.91 Å². The maximum Gasteiger partial charge on any atom is 0.261 e. The van der Waals surface area contributed by atoms with Gasteiger partial charge in [0, 0.05) is 6.54 Å². The smallest absolute Gasteiger partial charge is 0.261 e. The lowest BCUT2D eigenvalue weighted by atomic mass is 10.1. The first kappa shape index (κ1) is 18.0. The molecule has 1 aromatic rings. The molecule has 24 heavy (non-hydrogen) atoms. The van der Waals surface area contributed by atoms with Gasteiger partial charge in [-0.25, -0.2) is 0 Å². The van der Waals surface area contributed by atoms with E-state index in [2.05, 4.69) is 5.32 Å². The third kappa shape index (κ3) is 5.08. The molecule has 0 bridgehead atoms. The molecule has 1 amide bonds. The summed E-state index contributed by atoms with van der Waals surface area (Å²) in [5.74, 6) is 0.361. The monoisotopic (exact) mass is 330 g/mol. The molecular weight excluding hydrogens is 308 g/mol. The number of carbonyl (C=O) groups excluding carboxylic acids is 1. The van der Waals surface area contributed by atoms with Crippen molar-refractivity contribution in [2.45, 2.75) is 32.2 Å². The van der Waals surface area contributed by atoms with Gasteiger partial charge >= 0.3 is 0 Å². The second-order valence-corrected chi connectivity index (χ2v) is 6.10. The zero-order chi connectivity index (χ0) is 17.6. The van der Waals surface area contributed by atoms with Crippen molar-refractivity contribution in [2.24, 2.45) is 0 Å². The minimum absolute atomic E-state index is 0.00701. The van der Waals surface area contributed by atoms with Crippen molar-refractivity contribution in [3.63, 3.8) is 0 Å². The van der Waals surface area contributed by atoms with Gasteiger partial charge in [-0.2, -0.15) is 5.26 Å². The molecule has 1 aliphatic heterocycles. The Kier molecular flexibility index (Phi) is 5.96. The number of rotatable bonds is 6. The van der Waals surface area contributed by atoms with Crippen molar-refractivity contribution in [1.82, 2.24) is 5.32 Å². The molecule has 1 N–H and O–H groups in total. The lowest BCUT2D eigenvalue weighted by molar-refractivity contribution is -0.117. The summed E-state index contributed by atoms with van der Waals surface area (Å²) >= 11 is 0. The maximum absolute atomic E-state index is 12.1. The number of nitrogens with zero attached hydrogens (tertiary/aromatic N) is 1. The van der Waals surface area contributed by atoms with Crippen LogP contribution in [0.2, 0.25) is 0 Å². The van der Waals surface area contributed by atoms with Crippen LogP contribution in [0.1, 0.15) is 19.4 Å². The van der Waals surface area contributed by atoms with E-state index in [4.69, 9.17) is 19.5 Å². The molecule has 6 heteroatoms. The van der Waals surface area contributed by atoms with Crippen LogP contribution in [-0.4, -0.2) is 38.1 Å². The molecule has 0 saturated carbocycles. The highest BCUT2D eigenvalue weighted by atomic mass is 16.7. The Morgan fingerprint density at radius 1 is 1.46 bits per heavy atom. The zero-order valence-electron chi connectivity index (χ0n) is 14.2. The van der Waals surface area contributed by atoms with Crippen LogP contribution in [0.15, 0.2) is 35.9 Å². The standard InChI is InChI=1S/C18H22N2O4/c1-18(2)12-23-16(24-18)10-14(11-19)17(21)20-9-8-13-4-6-15(22-3)7-5-13/h4-7,10,16H,8-9,12H2,1-3H3,(H,20,21)/b14-10-. The van der Waals surface area contributed by atoms with E-state index >= 15 is 0 Å². The van der Waals surface area contributed by atoms with Crippen molar-refractivity contribution < 1.29 is 19.0 Å². The van der Waals surface area contributed by atoms with Gasteiger partial charge in [-0.1, -0.05) is 12.1 Å². The van der Waals surface area contributed by atoms with Crippen molar-refractivity contribution in [1.29, 1.82) is 5.26 Å². The minimum Gasteiger partial charge on any atom is -0.497 e.